The Morgan fingerprint density at radius 3 is 2.53 bits per heavy atom. The van der Waals surface area contributed by atoms with Gasteiger partial charge >= 0.3 is 0 Å². The van der Waals surface area contributed by atoms with Crippen LogP contribution in [0.5, 0.6) is 0 Å². The second-order valence-corrected chi connectivity index (χ2v) is 3.57. The summed E-state index contributed by atoms with van der Waals surface area (Å²) in [7, 11) is 1.63. The van der Waals surface area contributed by atoms with Gasteiger partial charge in [0.1, 0.15) is 5.82 Å². The van der Waals surface area contributed by atoms with Crippen molar-refractivity contribution in [2.45, 2.75) is 6.10 Å². The van der Waals surface area contributed by atoms with E-state index >= 15 is 0 Å². The smallest absolute Gasteiger partial charge is 0.254 e. The van der Waals surface area contributed by atoms with Crippen LogP contribution in [-0.4, -0.2) is 37.1 Å². The zero-order valence-corrected chi connectivity index (χ0v) is 8.44. The number of hydrogen-bond donors (Lipinski definition) is 0. The molecule has 1 fully saturated rings. The molecule has 1 heterocycles. The van der Waals surface area contributed by atoms with Crippen molar-refractivity contribution in [2.24, 2.45) is 0 Å². The summed E-state index contributed by atoms with van der Waals surface area (Å²) in [6.45, 7) is 1.24. The molecule has 0 spiro atoms. The molecule has 2 rings (SSSR count). The van der Waals surface area contributed by atoms with Gasteiger partial charge in [0.2, 0.25) is 0 Å². The lowest BCUT2D eigenvalue weighted by Crippen LogP contribution is -2.54. The van der Waals surface area contributed by atoms with Gasteiger partial charge in [-0.25, -0.2) is 4.39 Å². The maximum absolute atomic E-state index is 12.6. The van der Waals surface area contributed by atoms with Crippen LogP contribution in [0, 0.1) is 5.82 Å². The van der Waals surface area contributed by atoms with E-state index in [1.165, 1.54) is 24.3 Å². The van der Waals surface area contributed by atoms with Gasteiger partial charge in [0.25, 0.3) is 5.91 Å². The molecule has 0 atom stereocenters. The molecule has 0 N–H and O–H groups in total. The molecule has 1 amide bonds. The third-order valence-electron chi connectivity index (χ3n) is 2.56. The quantitative estimate of drug-likeness (QED) is 0.734. The molecule has 0 saturated carbocycles. The highest BCUT2D eigenvalue weighted by Gasteiger charge is 2.30. The molecule has 80 valence electrons. The number of hydrogen-bond acceptors (Lipinski definition) is 2. The van der Waals surface area contributed by atoms with Crippen LogP contribution in [0.4, 0.5) is 4.39 Å². The van der Waals surface area contributed by atoms with E-state index in [2.05, 4.69) is 0 Å². The van der Waals surface area contributed by atoms with Crippen molar-refractivity contribution in [1.29, 1.82) is 0 Å². The van der Waals surface area contributed by atoms with Crippen molar-refractivity contribution >= 4 is 5.91 Å². The van der Waals surface area contributed by atoms with Crippen molar-refractivity contribution in [3.63, 3.8) is 0 Å². The average Bonchev–Trinajstić information content (AvgIpc) is 2.17. The van der Waals surface area contributed by atoms with Crippen molar-refractivity contribution < 1.29 is 13.9 Å². The Morgan fingerprint density at radius 1 is 1.40 bits per heavy atom. The highest BCUT2D eigenvalue weighted by molar-refractivity contribution is 5.94. The van der Waals surface area contributed by atoms with Crippen molar-refractivity contribution in [2.75, 3.05) is 20.2 Å². The Balaban J connectivity index is 2.00. The van der Waals surface area contributed by atoms with E-state index in [1.807, 2.05) is 0 Å². The molecule has 0 radical (unpaired) electrons. The number of nitrogens with zero attached hydrogens (tertiary/aromatic N) is 1. The van der Waals surface area contributed by atoms with Crippen LogP contribution in [0.1, 0.15) is 10.4 Å². The number of benzene rings is 1. The molecule has 1 aliphatic heterocycles. The highest BCUT2D eigenvalue weighted by Crippen LogP contribution is 2.15. The van der Waals surface area contributed by atoms with Crippen LogP contribution in [0.2, 0.25) is 0 Å². The molecule has 0 bridgehead atoms. The molecular weight excluding hydrogens is 197 g/mol. The maximum atomic E-state index is 12.6. The van der Waals surface area contributed by atoms with E-state index in [9.17, 15) is 9.18 Å². The molecule has 1 aromatic rings. The van der Waals surface area contributed by atoms with Gasteiger partial charge < -0.3 is 9.64 Å². The third kappa shape index (κ3) is 1.99. The fraction of sp³-hybridized carbons (Fsp3) is 0.364. The van der Waals surface area contributed by atoms with Crippen LogP contribution in [-0.2, 0) is 4.74 Å². The Morgan fingerprint density at radius 2 is 2.00 bits per heavy atom. The van der Waals surface area contributed by atoms with Gasteiger partial charge in [0.05, 0.1) is 6.10 Å². The first-order valence-electron chi connectivity index (χ1n) is 4.78. The number of methoxy groups -OCH3 is 1. The largest absolute Gasteiger partial charge is 0.378 e. The monoisotopic (exact) mass is 209 g/mol. The molecule has 3 nitrogen and oxygen atoms in total. The third-order valence-corrected chi connectivity index (χ3v) is 2.56. The fourth-order valence-corrected chi connectivity index (χ4v) is 1.53. The van der Waals surface area contributed by atoms with E-state index < -0.39 is 0 Å². The van der Waals surface area contributed by atoms with E-state index in [4.69, 9.17) is 4.74 Å². The lowest BCUT2D eigenvalue weighted by molar-refractivity contribution is -0.0191. The molecule has 4 heteroatoms. The van der Waals surface area contributed by atoms with Crippen LogP contribution in [0.3, 0.4) is 0 Å². The number of carbonyl (C=O) groups is 1. The second-order valence-electron chi connectivity index (χ2n) is 3.57. The van der Waals surface area contributed by atoms with Gasteiger partial charge in [0.15, 0.2) is 0 Å². The van der Waals surface area contributed by atoms with E-state index in [0.717, 1.165) is 0 Å². The summed E-state index contributed by atoms with van der Waals surface area (Å²) in [5.41, 5.74) is 0.519. The number of amides is 1. The molecule has 1 aromatic carbocycles. The first-order valence-corrected chi connectivity index (χ1v) is 4.78. The van der Waals surface area contributed by atoms with E-state index in [-0.39, 0.29) is 17.8 Å². The van der Waals surface area contributed by atoms with Gasteiger partial charge in [-0.1, -0.05) is 0 Å². The minimum Gasteiger partial charge on any atom is -0.378 e. The van der Waals surface area contributed by atoms with Gasteiger partial charge in [-0.3, -0.25) is 4.79 Å². The lowest BCUT2D eigenvalue weighted by Gasteiger charge is -2.38. The van der Waals surface area contributed by atoms with Crippen LogP contribution >= 0.6 is 0 Å². The van der Waals surface area contributed by atoms with Gasteiger partial charge in [-0.05, 0) is 24.3 Å². The molecule has 1 aliphatic rings. The highest BCUT2D eigenvalue weighted by atomic mass is 19.1. The van der Waals surface area contributed by atoms with E-state index in [0.29, 0.717) is 18.7 Å². The molecule has 0 aromatic heterocycles. The first kappa shape index (κ1) is 10.1. The zero-order valence-electron chi connectivity index (χ0n) is 8.44. The molecule has 0 aliphatic carbocycles. The number of rotatable bonds is 2. The number of carbonyl (C=O) groups excluding carboxylic acids is 1. The topological polar surface area (TPSA) is 29.5 Å². The normalized spacial score (nSPS) is 16.3. The Bertz CT molecular complexity index is 357. The molecule has 1 saturated heterocycles. The number of halogens is 1. The fourth-order valence-electron chi connectivity index (χ4n) is 1.53. The first-order chi connectivity index (χ1) is 7.20. The van der Waals surface area contributed by atoms with Crippen LogP contribution in [0.25, 0.3) is 0 Å². The van der Waals surface area contributed by atoms with Gasteiger partial charge in [0, 0.05) is 25.8 Å². The van der Waals surface area contributed by atoms with Gasteiger partial charge in [-0.15, -0.1) is 0 Å². The average molecular weight is 209 g/mol. The predicted molar refractivity (Wildman–Crippen MR) is 53.1 cm³/mol. The number of likely N-dealkylation sites (tertiary alicyclic amines) is 1. The summed E-state index contributed by atoms with van der Waals surface area (Å²) in [5, 5.41) is 0. The standard InChI is InChI=1S/C11H12FNO2/c1-15-10-6-13(7-10)11(14)8-2-4-9(12)5-3-8/h2-5,10H,6-7H2,1H3. The van der Waals surface area contributed by atoms with Crippen LogP contribution < -0.4 is 0 Å². The van der Waals surface area contributed by atoms with E-state index in [1.54, 1.807) is 12.0 Å². The minimum atomic E-state index is -0.329. The summed E-state index contributed by atoms with van der Waals surface area (Å²) in [6.07, 6.45) is 0.148. The molecule has 15 heavy (non-hydrogen) atoms. The molecule has 0 unspecified atom stereocenters. The maximum Gasteiger partial charge on any atom is 0.254 e. The Hall–Kier alpha value is -1.42. The summed E-state index contributed by atoms with van der Waals surface area (Å²) in [5.74, 6) is -0.395. The Labute approximate surface area is 87.5 Å². The van der Waals surface area contributed by atoms with Gasteiger partial charge in [-0.2, -0.15) is 0 Å². The van der Waals surface area contributed by atoms with Crippen molar-refractivity contribution in [3.8, 4) is 0 Å². The minimum absolute atomic E-state index is 0.0664. The molecular formula is C11H12FNO2. The second kappa shape index (κ2) is 3.98. The SMILES string of the molecule is COC1CN(C(=O)c2ccc(F)cc2)C1. The van der Waals surface area contributed by atoms with Crippen LogP contribution in [0.15, 0.2) is 24.3 Å². The van der Waals surface area contributed by atoms with Crippen molar-refractivity contribution in [1.82, 2.24) is 4.90 Å². The zero-order chi connectivity index (χ0) is 10.8. The summed E-state index contributed by atoms with van der Waals surface area (Å²) >= 11 is 0. The predicted octanol–water partition coefficient (Wildman–Crippen LogP) is 1.30. The Kier molecular flexibility index (Phi) is 2.68. The number of ether oxygens (including phenoxy) is 1. The lowest BCUT2D eigenvalue weighted by atomic mass is 10.1. The summed E-state index contributed by atoms with van der Waals surface area (Å²) < 4.78 is 17.7. The summed E-state index contributed by atoms with van der Waals surface area (Å²) in [6, 6.07) is 5.58. The van der Waals surface area contributed by atoms with Crippen molar-refractivity contribution in [3.05, 3.63) is 35.6 Å². The summed E-state index contributed by atoms with van der Waals surface area (Å²) in [4.78, 5) is 13.4.